The van der Waals surface area contributed by atoms with E-state index in [9.17, 15) is 13.0 Å². The molecular formula is C14H7Cl2O3S-. The molecule has 0 N–H and O–H groups in total. The van der Waals surface area contributed by atoms with Crippen LogP contribution in [0, 0.1) is 0 Å². The van der Waals surface area contributed by atoms with Crippen LogP contribution in [-0.2, 0) is 10.1 Å². The Balaban J connectivity index is 2.53. The average Bonchev–Trinajstić information content (AvgIpc) is 2.43. The van der Waals surface area contributed by atoms with Gasteiger partial charge in [-0.05, 0) is 12.1 Å². The lowest BCUT2D eigenvalue weighted by atomic mass is 10.0. The Labute approximate surface area is 125 Å². The minimum absolute atomic E-state index is 0.321. The van der Waals surface area contributed by atoms with Crippen LogP contribution >= 0.6 is 23.2 Å². The second-order valence-electron chi connectivity index (χ2n) is 4.34. The summed E-state index contributed by atoms with van der Waals surface area (Å²) in [5.74, 6) is 0. The average molecular weight is 326 g/mol. The van der Waals surface area contributed by atoms with Gasteiger partial charge in [0.25, 0.3) is 0 Å². The zero-order valence-electron chi connectivity index (χ0n) is 9.93. The number of fused-ring (bicyclic) bond motifs is 2. The Hall–Kier alpha value is -1.33. The quantitative estimate of drug-likeness (QED) is 0.497. The molecule has 0 heterocycles. The van der Waals surface area contributed by atoms with E-state index in [1.54, 1.807) is 6.07 Å². The van der Waals surface area contributed by atoms with Crippen LogP contribution in [-0.4, -0.2) is 13.0 Å². The predicted octanol–water partition coefficient (Wildman–Crippen LogP) is 4.20. The SMILES string of the molecule is O=S(=O)([O-])c1ccc2c(Cl)c3ccccc3c(Cl)c2c1. The molecule has 3 nitrogen and oxygen atoms in total. The lowest BCUT2D eigenvalue weighted by Gasteiger charge is -2.12. The lowest BCUT2D eigenvalue weighted by Crippen LogP contribution is -1.98. The summed E-state index contributed by atoms with van der Waals surface area (Å²) < 4.78 is 33.3. The first kappa shape index (κ1) is 13.6. The van der Waals surface area contributed by atoms with E-state index in [-0.39, 0.29) is 4.90 Å². The number of hydrogen-bond acceptors (Lipinski definition) is 3. The van der Waals surface area contributed by atoms with Gasteiger partial charge in [-0.3, -0.25) is 0 Å². The molecule has 102 valence electrons. The van der Waals surface area contributed by atoms with E-state index < -0.39 is 10.1 Å². The van der Waals surface area contributed by atoms with Crippen LogP contribution in [0.4, 0.5) is 0 Å². The Bertz CT molecular complexity index is 949. The van der Waals surface area contributed by atoms with Crippen LogP contribution in [0.2, 0.25) is 10.0 Å². The molecule has 3 aromatic rings. The molecule has 0 aromatic heterocycles. The van der Waals surface area contributed by atoms with Crippen molar-refractivity contribution in [2.45, 2.75) is 4.90 Å². The summed E-state index contributed by atoms with van der Waals surface area (Å²) in [5, 5.41) is 3.42. The normalized spacial score (nSPS) is 12.2. The molecule has 0 aliphatic carbocycles. The minimum atomic E-state index is -4.53. The monoisotopic (exact) mass is 325 g/mol. The minimum Gasteiger partial charge on any atom is -0.744 e. The Morgan fingerprint density at radius 2 is 1.30 bits per heavy atom. The summed E-state index contributed by atoms with van der Waals surface area (Å²) >= 11 is 12.6. The van der Waals surface area contributed by atoms with E-state index in [2.05, 4.69) is 0 Å². The Morgan fingerprint density at radius 3 is 1.85 bits per heavy atom. The highest BCUT2D eigenvalue weighted by Gasteiger charge is 2.13. The molecule has 0 aliphatic rings. The summed E-state index contributed by atoms with van der Waals surface area (Å²) in [4.78, 5) is -0.321. The van der Waals surface area contributed by atoms with Crippen molar-refractivity contribution >= 4 is 54.9 Å². The third-order valence-electron chi connectivity index (χ3n) is 3.15. The van der Waals surface area contributed by atoms with Gasteiger partial charge in [0.15, 0.2) is 0 Å². The van der Waals surface area contributed by atoms with E-state index in [1.807, 2.05) is 18.2 Å². The molecule has 6 heteroatoms. The number of benzene rings is 3. The van der Waals surface area contributed by atoms with Crippen LogP contribution < -0.4 is 0 Å². The van der Waals surface area contributed by atoms with Crippen molar-refractivity contribution in [1.82, 2.24) is 0 Å². The van der Waals surface area contributed by atoms with Crippen molar-refractivity contribution in [2.75, 3.05) is 0 Å². The van der Waals surface area contributed by atoms with Crippen molar-refractivity contribution in [2.24, 2.45) is 0 Å². The molecule has 0 bridgehead atoms. The highest BCUT2D eigenvalue weighted by molar-refractivity contribution is 7.85. The van der Waals surface area contributed by atoms with Crippen LogP contribution in [0.1, 0.15) is 0 Å². The molecule has 0 fully saturated rings. The summed E-state index contributed by atoms with van der Waals surface area (Å²) in [6.45, 7) is 0. The number of halogens is 2. The fourth-order valence-electron chi connectivity index (χ4n) is 2.21. The van der Waals surface area contributed by atoms with Crippen molar-refractivity contribution < 1.29 is 13.0 Å². The van der Waals surface area contributed by atoms with Crippen molar-refractivity contribution in [1.29, 1.82) is 0 Å². The first-order valence-electron chi connectivity index (χ1n) is 5.65. The summed E-state index contributed by atoms with van der Waals surface area (Å²) in [7, 11) is -4.53. The highest BCUT2D eigenvalue weighted by Crippen LogP contribution is 2.39. The molecule has 3 aromatic carbocycles. The van der Waals surface area contributed by atoms with Gasteiger partial charge in [-0.2, -0.15) is 0 Å². The summed E-state index contributed by atoms with van der Waals surface area (Å²) in [6.07, 6.45) is 0. The zero-order valence-corrected chi connectivity index (χ0v) is 12.3. The molecule has 20 heavy (non-hydrogen) atoms. The number of rotatable bonds is 1. The molecule has 3 rings (SSSR count). The fourth-order valence-corrected chi connectivity index (χ4v) is 3.36. The smallest absolute Gasteiger partial charge is 0.124 e. The van der Waals surface area contributed by atoms with Gasteiger partial charge in [0, 0.05) is 21.5 Å². The van der Waals surface area contributed by atoms with Gasteiger partial charge < -0.3 is 4.55 Å². The maximum Gasteiger partial charge on any atom is 0.124 e. The second-order valence-corrected chi connectivity index (χ2v) is 6.47. The molecule has 0 amide bonds. The topological polar surface area (TPSA) is 57.2 Å². The third kappa shape index (κ3) is 2.05. The fraction of sp³-hybridized carbons (Fsp3) is 0. The molecule has 0 unspecified atom stereocenters. The first-order valence-corrected chi connectivity index (χ1v) is 7.81. The first-order chi connectivity index (χ1) is 9.39. The van der Waals surface area contributed by atoms with Crippen molar-refractivity contribution in [3.63, 3.8) is 0 Å². The van der Waals surface area contributed by atoms with Crippen LogP contribution in [0.15, 0.2) is 47.4 Å². The van der Waals surface area contributed by atoms with Gasteiger partial charge in [0.05, 0.1) is 14.9 Å². The van der Waals surface area contributed by atoms with Gasteiger partial charge >= 0.3 is 0 Å². The second kappa shape index (κ2) is 4.60. The highest BCUT2D eigenvalue weighted by atomic mass is 35.5. The molecule has 0 saturated heterocycles. The van der Waals surface area contributed by atoms with Gasteiger partial charge in [0.2, 0.25) is 0 Å². The van der Waals surface area contributed by atoms with Gasteiger partial charge in [0.1, 0.15) is 10.1 Å². The van der Waals surface area contributed by atoms with Gasteiger partial charge in [-0.15, -0.1) is 0 Å². The third-order valence-corrected chi connectivity index (χ3v) is 4.80. The van der Waals surface area contributed by atoms with E-state index in [1.165, 1.54) is 18.2 Å². The maximum atomic E-state index is 11.1. The van der Waals surface area contributed by atoms with E-state index in [4.69, 9.17) is 23.2 Å². The summed E-state index contributed by atoms with van der Waals surface area (Å²) in [6, 6.07) is 11.3. The molecule has 0 atom stereocenters. The molecule has 0 aliphatic heterocycles. The van der Waals surface area contributed by atoms with Crippen LogP contribution in [0.5, 0.6) is 0 Å². The lowest BCUT2D eigenvalue weighted by molar-refractivity contribution is 0.463. The Morgan fingerprint density at radius 1 is 0.800 bits per heavy atom. The summed E-state index contributed by atoms with van der Waals surface area (Å²) in [5.41, 5.74) is 0. The Kier molecular flexibility index (Phi) is 3.14. The van der Waals surface area contributed by atoms with Crippen molar-refractivity contribution in [3.05, 3.63) is 52.5 Å². The molecular weight excluding hydrogens is 319 g/mol. The largest absolute Gasteiger partial charge is 0.744 e. The standard InChI is InChI=1S/C14H8Cl2O3S/c15-13-9-3-1-2-4-10(9)14(16)12-7-8(20(17,18)19)5-6-11(12)13/h1-7H,(H,17,18,19)/p-1. The van der Waals surface area contributed by atoms with E-state index >= 15 is 0 Å². The van der Waals surface area contributed by atoms with Gasteiger partial charge in [-0.1, -0.05) is 53.5 Å². The molecule has 0 saturated carbocycles. The predicted molar refractivity (Wildman–Crippen MR) is 79.4 cm³/mol. The van der Waals surface area contributed by atoms with Gasteiger partial charge in [-0.25, -0.2) is 8.42 Å². The van der Waals surface area contributed by atoms with E-state index in [0.29, 0.717) is 26.2 Å². The number of hydrogen-bond donors (Lipinski definition) is 0. The molecule has 0 spiro atoms. The zero-order chi connectivity index (χ0) is 14.5. The van der Waals surface area contributed by atoms with E-state index in [0.717, 1.165) is 5.39 Å². The maximum absolute atomic E-state index is 11.1. The van der Waals surface area contributed by atoms with Crippen LogP contribution in [0.3, 0.4) is 0 Å². The van der Waals surface area contributed by atoms with Crippen molar-refractivity contribution in [3.8, 4) is 0 Å². The molecule has 0 radical (unpaired) electrons. The van der Waals surface area contributed by atoms with Crippen LogP contribution in [0.25, 0.3) is 21.5 Å².